The van der Waals surface area contributed by atoms with E-state index in [-0.39, 0.29) is 0 Å². The molecule has 0 atom stereocenters. The standard InChI is InChI=1S/C20H22N6S/c1-4-26(5-2)19-12-10-18(11-13-19)22-21-16-6-8-17(9-7-16)23-24-20-14-15(3)25-27-20/h6-14H,4-5H2,1-3H3. The molecule has 3 rings (SSSR count). The lowest BCUT2D eigenvalue weighted by atomic mass is 10.2. The quantitative estimate of drug-likeness (QED) is 0.410. The summed E-state index contributed by atoms with van der Waals surface area (Å²) in [6.07, 6.45) is 0. The molecular formula is C20H22N6S. The van der Waals surface area contributed by atoms with Crippen LogP contribution in [0, 0.1) is 6.92 Å². The van der Waals surface area contributed by atoms with Gasteiger partial charge < -0.3 is 4.90 Å². The molecule has 0 fully saturated rings. The van der Waals surface area contributed by atoms with Crippen LogP contribution in [0.5, 0.6) is 0 Å². The molecule has 0 spiro atoms. The molecule has 0 aliphatic heterocycles. The predicted octanol–water partition coefficient (Wildman–Crippen LogP) is 7.13. The maximum atomic E-state index is 4.30. The van der Waals surface area contributed by atoms with E-state index in [1.807, 2.05) is 49.4 Å². The number of rotatable bonds is 7. The van der Waals surface area contributed by atoms with E-state index >= 15 is 0 Å². The first-order valence-electron chi connectivity index (χ1n) is 8.90. The summed E-state index contributed by atoms with van der Waals surface area (Å²) in [4.78, 5) is 2.29. The molecule has 3 aromatic rings. The van der Waals surface area contributed by atoms with Gasteiger partial charge in [0.05, 0.1) is 22.8 Å². The third-order valence-electron chi connectivity index (χ3n) is 3.99. The molecule has 0 saturated carbocycles. The number of aromatic nitrogens is 1. The molecule has 138 valence electrons. The minimum absolute atomic E-state index is 0.767. The Kier molecular flexibility index (Phi) is 6.38. The van der Waals surface area contributed by atoms with Gasteiger partial charge in [0.25, 0.3) is 0 Å². The molecule has 0 bridgehead atoms. The molecule has 1 heterocycles. The number of aryl methyl sites for hydroxylation is 1. The summed E-state index contributed by atoms with van der Waals surface area (Å²) in [6, 6.07) is 17.5. The van der Waals surface area contributed by atoms with Crippen LogP contribution in [0.15, 0.2) is 75.1 Å². The Balaban J connectivity index is 1.63. The van der Waals surface area contributed by atoms with Crippen molar-refractivity contribution in [2.45, 2.75) is 20.8 Å². The second kappa shape index (κ2) is 9.14. The molecule has 1 aromatic heterocycles. The Morgan fingerprint density at radius 3 is 1.70 bits per heavy atom. The molecule has 6 nitrogen and oxygen atoms in total. The van der Waals surface area contributed by atoms with Crippen LogP contribution in [-0.4, -0.2) is 17.5 Å². The van der Waals surface area contributed by atoms with Crippen molar-refractivity contribution in [3.63, 3.8) is 0 Å². The van der Waals surface area contributed by atoms with Gasteiger partial charge in [0.1, 0.15) is 0 Å². The van der Waals surface area contributed by atoms with Crippen molar-refractivity contribution in [1.82, 2.24) is 4.37 Å². The van der Waals surface area contributed by atoms with Crippen LogP contribution in [0.2, 0.25) is 0 Å². The maximum Gasteiger partial charge on any atom is 0.159 e. The molecule has 0 radical (unpaired) electrons. The number of hydrogen-bond acceptors (Lipinski definition) is 7. The van der Waals surface area contributed by atoms with E-state index in [1.54, 1.807) is 0 Å². The van der Waals surface area contributed by atoms with E-state index in [2.05, 4.69) is 55.7 Å². The summed E-state index contributed by atoms with van der Waals surface area (Å²) < 4.78 is 4.18. The van der Waals surface area contributed by atoms with E-state index in [4.69, 9.17) is 0 Å². The lowest BCUT2D eigenvalue weighted by Gasteiger charge is -2.20. The van der Waals surface area contributed by atoms with Gasteiger partial charge in [0.2, 0.25) is 0 Å². The van der Waals surface area contributed by atoms with E-state index in [0.29, 0.717) is 0 Å². The summed E-state index contributed by atoms with van der Waals surface area (Å²) in [7, 11) is 0. The van der Waals surface area contributed by atoms with E-state index in [0.717, 1.165) is 40.8 Å². The van der Waals surface area contributed by atoms with Gasteiger partial charge in [0, 0.05) is 18.8 Å². The average molecular weight is 379 g/mol. The number of azo groups is 2. The second-order valence-corrected chi connectivity index (χ2v) is 6.70. The number of benzene rings is 2. The summed E-state index contributed by atoms with van der Waals surface area (Å²) in [5.74, 6) is 0. The second-order valence-electron chi connectivity index (χ2n) is 5.91. The molecule has 0 unspecified atom stereocenters. The van der Waals surface area contributed by atoms with Crippen LogP contribution in [0.1, 0.15) is 19.5 Å². The van der Waals surface area contributed by atoms with Gasteiger partial charge in [0.15, 0.2) is 5.00 Å². The fraction of sp³-hybridized carbons (Fsp3) is 0.250. The van der Waals surface area contributed by atoms with E-state index in [1.165, 1.54) is 17.2 Å². The predicted molar refractivity (Wildman–Crippen MR) is 112 cm³/mol. The van der Waals surface area contributed by atoms with Gasteiger partial charge in [-0.1, -0.05) is 0 Å². The summed E-state index contributed by atoms with van der Waals surface area (Å²) in [6.45, 7) is 8.22. The van der Waals surface area contributed by atoms with Gasteiger partial charge in [-0.05, 0) is 86.9 Å². The van der Waals surface area contributed by atoms with Crippen molar-refractivity contribution >= 4 is 39.3 Å². The van der Waals surface area contributed by atoms with Gasteiger partial charge in [-0.25, -0.2) is 0 Å². The lowest BCUT2D eigenvalue weighted by molar-refractivity contribution is 0.866. The van der Waals surface area contributed by atoms with E-state index < -0.39 is 0 Å². The lowest BCUT2D eigenvalue weighted by Crippen LogP contribution is -2.21. The van der Waals surface area contributed by atoms with Crippen LogP contribution >= 0.6 is 11.5 Å². The minimum atomic E-state index is 0.767. The average Bonchev–Trinajstić information content (AvgIpc) is 3.13. The van der Waals surface area contributed by atoms with Crippen molar-refractivity contribution in [3.05, 3.63) is 60.3 Å². The largest absolute Gasteiger partial charge is 0.372 e. The first-order chi connectivity index (χ1) is 13.2. The maximum absolute atomic E-state index is 4.30. The molecule has 0 aliphatic rings. The third kappa shape index (κ3) is 5.27. The van der Waals surface area contributed by atoms with Gasteiger partial charge >= 0.3 is 0 Å². The highest BCUT2D eigenvalue weighted by Gasteiger charge is 2.01. The molecule has 0 aliphatic carbocycles. The van der Waals surface area contributed by atoms with Crippen LogP contribution in [0.4, 0.5) is 27.8 Å². The van der Waals surface area contributed by atoms with Crippen molar-refractivity contribution < 1.29 is 0 Å². The van der Waals surface area contributed by atoms with Crippen LogP contribution in [0.25, 0.3) is 0 Å². The summed E-state index contributed by atoms with van der Waals surface area (Å²) in [5.41, 5.74) is 4.52. The highest BCUT2D eigenvalue weighted by atomic mass is 32.1. The summed E-state index contributed by atoms with van der Waals surface area (Å²) >= 11 is 1.34. The Labute approximate surface area is 163 Å². The topological polar surface area (TPSA) is 65.6 Å². The molecule has 2 aromatic carbocycles. The van der Waals surface area contributed by atoms with Crippen molar-refractivity contribution in [2.75, 3.05) is 18.0 Å². The van der Waals surface area contributed by atoms with Gasteiger partial charge in [-0.15, -0.1) is 10.2 Å². The normalized spacial score (nSPS) is 11.5. The zero-order valence-electron chi connectivity index (χ0n) is 15.7. The summed E-state index contributed by atoms with van der Waals surface area (Å²) in [5, 5.41) is 17.8. The fourth-order valence-corrected chi connectivity index (χ4v) is 3.12. The monoisotopic (exact) mass is 378 g/mol. The Morgan fingerprint density at radius 2 is 1.26 bits per heavy atom. The first-order valence-corrected chi connectivity index (χ1v) is 9.67. The van der Waals surface area contributed by atoms with Crippen molar-refractivity contribution in [1.29, 1.82) is 0 Å². The highest BCUT2D eigenvalue weighted by molar-refractivity contribution is 7.09. The highest BCUT2D eigenvalue weighted by Crippen LogP contribution is 2.26. The van der Waals surface area contributed by atoms with Gasteiger partial charge in [-0.2, -0.15) is 14.6 Å². The van der Waals surface area contributed by atoms with Crippen molar-refractivity contribution in [3.8, 4) is 0 Å². The number of hydrogen-bond donors (Lipinski definition) is 0. The molecule has 0 amide bonds. The smallest absolute Gasteiger partial charge is 0.159 e. The molecule has 27 heavy (non-hydrogen) atoms. The van der Waals surface area contributed by atoms with E-state index in [9.17, 15) is 0 Å². The van der Waals surface area contributed by atoms with Crippen LogP contribution in [0.3, 0.4) is 0 Å². The third-order valence-corrected chi connectivity index (χ3v) is 4.75. The number of nitrogens with zero attached hydrogens (tertiary/aromatic N) is 6. The molecular weight excluding hydrogens is 356 g/mol. The van der Waals surface area contributed by atoms with Crippen molar-refractivity contribution in [2.24, 2.45) is 20.5 Å². The van der Waals surface area contributed by atoms with Crippen LogP contribution < -0.4 is 4.90 Å². The fourth-order valence-electron chi connectivity index (χ4n) is 2.52. The zero-order valence-corrected chi connectivity index (χ0v) is 16.5. The Bertz CT molecular complexity index is 908. The Morgan fingerprint density at radius 1 is 0.778 bits per heavy atom. The van der Waals surface area contributed by atoms with Crippen LogP contribution in [-0.2, 0) is 0 Å². The first kappa shape index (κ1) is 18.8. The Hall–Kier alpha value is -2.93. The minimum Gasteiger partial charge on any atom is -0.372 e. The number of anilines is 1. The van der Waals surface area contributed by atoms with Gasteiger partial charge in [-0.3, -0.25) is 0 Å². The zero-order chi connectivity index (χ0) is 19.1. The molecule has 7 heteroatoms. The molecule has 0 N–H and O–H groups in total. The molecule has 0 saturated heterocycles. The SMILES string of the molecule is CCN(CC)c1ccc(N=Nc2ccc(N=Nc3cc(C)ns3)cc2)cc1.